The lowest BCUT2D eigenvalue weighted by atomic mass is 10.3. The van der Waals surface area contributed by atoms with E-state index < -0.39 is 6.10 Å². The normalized spacial score (nSPS) is 12.0. The van der Waals surface area contributed by atoms with Crippen molar-refractivity contribution in [2.75, 3.05) is 13.2 Å². The zero-order valence-corrected chi connectivity index (χ0v) is 11.5. The summed E-state index contributed by atoms with van der Waals surface area (Å²) in [4.78, 5) is 11.4. The number of hydrogen-bond acceptors (Lipinski definition) is 3. The maximum Gasteiger partial charge on any atom is 0.258 e. The minimum Gasteiger partial charge on any atom is -0.482 e. The molecule has 0 aromatic heterocycles. The molecule has 0 saturated carbocycles. The van der Waals surface area contributed by atoms with E-state index in [1.54, 1.807) is 12.1 Å². The average molecular weight is 292 g/mol. The van der Waals surface area contributed by atoms with Crippen LogP contribution in [0.2, 0.25) is 10.0 Å². The van der Waals surface area contributed by atoms with Crippen molar-refractivity contribution in [1.29, 1.82) is 0 Å². The summed E-state index contributed by atoms with van der Waals surface area (Å²) in [5.41, 5.74) is 0. The van der Waals surface area contributed by atoms with Crippen molar-refractivity contribution >= 4 is 29.1 Å². The van der Waals surface area contributed by atoms with Crippen LogP contribution in [0.15, 0.2) is 18.2 Å². The third kappa shape index (κ3) is 5.12. The highest BCUT2D eigenvalue weighted by Crippen LogP contribution is 2.27. The quantitative estimate of drug-likeness (QED) is 0.845. The summed E-state index contributed by atoms with van der Waals surface area (Å²) in [5, 5.41) is 12.7. The molecule has 18 heavy (non-hydrogen) atoms. The summed E-state index contributed by atoms with van der Waals surface area (Å²) in [6.07, 6.45) is 0.0463. The maximum atomic E-state index is 11.4. The summed E-state index contributed by atoms with van der Waals surface area (Å²) in [6.45, 7) is 1.87. The first-order chi connectivity index (χ1) is 8.52. The molecule has 2 N–H and O–H groups in total. The van der Waals surface area contributed by atoms with Crippen LogP contribution in [0, 0.1) is 0 Å². The molecule has 0 aliphatic carbocycles. The van der Waals surface area contributed by atoms with E-state index in [9.17, 15) is 9.90 Å². The lowest BCUT2D eigenvalue weighted by Crippen LogP contribution is -2.35. The molecule has 0 heterocycles. The second-order valence-corrected chi connectivity index (χ2v) is 4.57. The van der Waals surface area contributed by atoms with Gasteiger partial charge in [0.25, 0.3) is 5.91 Å². The van der Waals surface area contributed by atoms with Gasteiger partial charge in [0, 0.05) is 17.6 Å². The summed E-state index contributed by atoms with van der Waals surface area (Å²) in [6, 6.07) is 4.77. The largest absolute Gasteiger partial charge is 0.482 e. The number of carbonyl (C=O) groups excluding carboxylic acids is 1. The second-order valence-electron chi connectivity index (χ2n) is 3.73. The molecule has 1 unspecified atom stereocenters. The molecule has 0 radical (unpaired) electrons. The topological polar surface area (TPSA) is 58.6 Å². The molecule has 0 bridgehead atoms. The van der Waals surface area contributed by atoms with E-state index in [1.165, 1.54) is 6.07 Å². The third-order valence-electron chi connectivity index (χ3n) is 2.26. The highest BCUT2D eigenvalue weighted by molar-refractivity contribution is 6.34. The van der Waals surface area contributed by atoms with Crippen LogP contribution in [-0.2, 0) is 4.79 Å². The van der Waals surface area contributed by atoms with Gasteiger partial charge in [-0.2, -0.15) is 0 Å². The van der Waals surface area contributed by atoms with Crippen LogP contribution in [0.3, 0.4) is 0 Å². The van der Waals surface area contributed by atoms with Crippen molar-refractivity contribution < 1.29 is 14.6 Å². The molecule has 6 heteroatoms. The van der Waals surface area contributed by atoms with Gasteiger partial charge in [-0.15, -0.1) is 0 Å². The maximum absolute atomic E-state index is 11.4. The molecule has 0 saturated heterocycles. The molecule has 1 aromatic rings. The molecule has 1 aromatic carbocycles. The molecule has 1 rings (SSSR count). The Kier molecular flexibility index (Phi) is 6.25. The Hall–Kier alpha value is -0.970. The molecule has 0 aliphatic heterocycles. The van der Waals surface area contributed by atoms with Gasteiger partial charge in [-0.05, 0) is 18.6 Å². The van der Waals surface area contributed by atoms with Gasteiger partial charge >= 0.3 is 0 Å². The Morgan fingerprint density at radius 2 is 2.22 bits per heavy atom. The highest BCUT2D eigenvalue weighted by atomic mass is 35.5. The van der Waals surface area contributed by atoms with Crippen LogP contribution < -0.4 is 10.1 Å². The zero-order valence-electron chi connectivity index (χ0n) is 9.95. The standard InChI is InChI=1S/C12H15Cl2NO3/c1-2-9(16)6-15-12(17)7-18-11-5-8(13)3-4-10(11)14/h3-5,9,16H,2,6-7H2,1H3,(H,15,17). The number of carbonyl (C=O) groups is 1. The van der Waals surface area contributed by atoms with Gasteiger partial charge in [-0.25, -0.2) is 0 Å². The fourth-order valence-electron chi connectivity index (χ4n) is 1.16. The first kappa shape index (κ1) is 15.1. The molecule has 4 nitrogen and oxygen atoms in total. The first-order valence-corrected chi connectivity index (χ1v) is 6.31. The molecule has 0 fully saturated rings. The molecule has 100 valence electrons. The minimum absolute atomic E-state index is 0.170. The molecule has 1 atom stereocenters. The Balaban J connectivity index is 2.40. The number of ether oxygens (including phenoxy) is 1. The summed E-state index contributed by atoms with van der Waals surface area (Å²) in [5.74, 6) is 0.0360. The SMILES string of the molecule is CCC(O)CNC(=O)COc1cc(Cl)ccc1Cl. The van der Waals surface area contributed by atoms with Crippen molar-refractivity contribution in [2.45, 2.75) is 19.4 Å². The zero-order chi connectivity index (χ0) is 13.5. The Labute approximate surface area is 116 Å². The average Bonchev–Trinajstić information content (AvgIpc) is 2.36. The van der Waals surface area contributed by atoms with Crippen LogP contribution in [0.5, 0.6) is 5.75 Å². The number of aliphatic hydroxyl groups is 1. The monoisotopic (exact) mass is 291 g/mol. The van der Waals surface area contributed by atoms with E-state index >= 15 is 0 Å². The molecular formula is C12H15Cl2NO3. The summed E-state index contributed by atoms with van der Waals surface area (Å²) < 4.78 is 5.24. The van der Waals surface area contributed by atoms with Crippen molar-refractivity contribution in [1.82, 2.24) is 5.32 Å². The van der Waals surface area contributed by atoms with E-state index in [0.29, 0.717) is 22.2 Å². The third-order valence-corrected chi connectivity index (χ3v) is 2.81. The van der Waals surface area contributed by atoms with Gasteiger partial charge in [0.15, 0.2) is 6.61 Å². The van der Waals surface area contributed by atoms with E-state index in [2.05, 4.69) is 5.32 Å². The van der Waals surface area contributed by atoms with E-state index in [0.717, 1.165) is 0 Å². The molecule has 1 amide bonds. The second kappa shape index (κ2) is 7.46. The van der Waals surface area contributed by atoms with Crippen LogP contribution in [-0.4, -0.2) is 30.3 Å². The van der Waals surface area contributed by atoms with E-state index in [-0.39, 0.29) is 19.1 Å². The number of benzene rings is 1. The highest BCUT2D eigenvalue weighted by Gasteiger charge is 2.08. The Morgan fingerprint density at radius 1 is 1.50 bits per heavy atom. The van der Waals surface area contributed by atoms with Crippen LogP contribution >= 0.6 is 23.2 Å². The van der Waals surface area contributed by atoms with Gasteiger partial charge < -0.3 is 15.2 Å². The van der Waals surface area contributed by atoms with Gasteiger partial charge in [-0.1, -0.05) is 30.1 Å². The minimum atomic E-state index is -0.538. The van der Waals surface area contributed by atoms with Crippen molar-refractivity contribution in [3.63, 3.8) is 0 Å². The lowest BCUT2D eigenvalue weighted by molar-refractivity contribution is -0.123. The van der Waals surface area contributed by atoms with Crippen molar-refractivity contribution in [3.8, 4) is 5.75 Å². The van der Waals surface area contributed by atoms with E-state index in [4.69, 9.17) is 27.9 Å². The fraction of sp³-hybridized carbons (Fsp3) is 0.417. The number of nitrogens with one attached hydrogen (secondary N) is 1. The number of hydrogen-bond donors (Lipinski definition) is 2. The summed E-state index contributed by atoms with van der Waals surface area (Å²) in [7, 11) is 0. The lowest BCUT2D eigenvalue weighted by Gasteiger charge is -2.11. The Morgan fingerprint density at radius 3 is 2.89 bits per heavy atom. The van der Waals surface area contributed by atoms with Crippen molar-refractivity contribution in [2.24, 2.45) is 0 Å². The molecular weight excluding hydrogens is 277 g/mol. The van der Waals surface area contributed by atoms with Crippen LogP contribution in [0.25, 0.3) is 0 Å². The predicted molar refractivity (Wildman–Crippen MR) is 71.3 cm³/mol. The van der Waals surface area contributed by atoms with Gasteiger partial charge in [0.05, 0.1) is 11.1 Å². The number of aliphatic hydroxyl groups excluding tert-OH is 1. The van der Waals surface area contributed by atoms with Crippen LogP contribution in [0.1, 0.15) is 13.3 Å². The number of halogens is 2. The van der Waals surface area contributed by atoms with Gasteiger partial charge in [0.2, 0.25) is 0 Å². The molecule has 0 aliphatic rings. The number of amides is 1. The smallest absolute Gasteiger partial charge is 0.258 e. The summed E-state index contributed by atoms with van der Waals surface area (Å²) >= 11 is 11.7. The van der Waals surface area contributed by atoms with Gasteiger partial charge in [0.1, 0.15) is 5.75 Å². The number of rotatable bonds is 6. The van der Waals surface area contributed by atoms with Crippen molar-refractivity contribution in [3.05, 3.63) is 28.2 Å². The Bertz CT molecular complexity index is 412. The predicted octanol–water partition coefficient (Wildman–Crippen LogP) is 2.26. The molecule has 0 spiro atoms. The van der Waals surface area contributed by atoms with Gasteiger partial charge in [-0.3, -0.25) is 4.79 Å². The van der Waals surface area contributed by atoms with Crippen LogP contribution in [0.4, 0.5) is 0 Å². The first-order valence-electron chi connectivity index (χ1n) is 5.55. The van der Waals surface area contributed by atoms with E-state index in [1.807, 2.05) is 6.92 Å². The fourth-order valence-corrected chi connectivity index (χ4v) is 1.49.